The van der Waals surface area contributed by atoms with Crippen molar-refractivity contribution < 1.29 is 9.53 Å². The number of nitrogens with zero attached hydrogens (tertiary/aromatic N) is 4. The number of rotatable bonds is 5. The minimum Gasteiger partial charge on any atom is -0.497 e. The van der Waals surface area contributed by atoms with Gasteiger partial charge in [-0.1, -0.05) is 19.1 Å². The van der Waals surface area contributed by atoms with Crippen molar-refractivity contribution in [1.29, 1.82) is 0 Å². The molecule has 0 bridgehead atoms. The summed E-state index contributed by atoms with van der Waals surface area (Å²) < 4.78 is 6.87. The second kappa shape index (κ2) is 9.12. The van der Waals surface area contributed by atoms with Gasteiger partial charge < -0.3 is 9.64 Å². The summed E-state index contributed by atoms with van der Waals surface area (Å²) in [5.41, 5.74) is 1.37. The predicted molar refractivity (Wildman–Crippen MR) is 125 cm³/mol. The van der Waals surface area contributed by atoms with Crippen molar-refractivity contribution >= 4 is 16.8 Å². The fourth-order valence-corrected chi connectivity index (χ4v) is 4.61. The number of methoxy groups -OCH3 is 1. The van der Waals surface area contributed by atoms with Crippen molar-refractivity contribution in [3.05, 3.63) is 70.3 Å². The van der Waals surface area contributed by atoms with Crippen LogP contribution in [-0.2, 0) is 7.05 Å². The summed E-state index contributed by atoms with van der Waals surface area (Å²) in [6.07, 6.45) is 0.831. The van der Waals surface area contributed by atoms with E-state index < -0.39 is 0 Å². The first-order valence-corrected chi connectivity index (χ1v) is 11.1. The highest BCUT2D eigenvalue weighted by Gasteiger charge is 2.33. The van der Waals surface area contributed by atoms with Gasteiger partial charge in [0.1, 0.15) is 11.6 Å². The summed E-state index contributed by atoms with van der Waals surface area (Å²) in [5.74, 6) is 1.54. The monoisotopic (exact) mass is 434 g/mol. The zero-order valence-corrected chi connectivity index (χ0v) is 19.1. The van der Waals surface area contributed by atoms with E-state index in [-0.39, 0.29) is 23.6 Å². The number of carbonyl (C=O) groups excluding carboxylic acids is 1. The number of carbonyl (C=O) groups is 1. The molecular weight excluding hydrogens is 404 g/mol. The Bertz CT molecular complexity index is 1170. The van der Waals surface area contributed by atoms with Gasteiger partial charge in [-0.3, -0.25) is 19.1 Å². The van der Waals surface area contributed by atoms with E-state index in [9.17, 15) is 9.59 Å². The summed E-state index contributed by atoms with van der Waals surface area (Å²) in [6, 6.07) is 14.8. The van der Waals surface area contributed by atoms with Gasteiger partial charge in [-0.15, -0.1) is 0 Å². The average molecular weight is 435 g/mol. The normalized spacial score (nSPS) is 18.0. The fraction of sp³-hybridized carbons (Fsp3) is 0.400. The number of piperazine rings is 1. The van der Waals surface area contributed by atoms with Gasteiger partial charge in [0.15, 0.2) is 0 Å². The van der Waals surface area contributed by atoms with E-state index in [1.165, 1.54) is 0 Å². The molecule has 1 amide bonds. The molecule has 0 aliphatic carbocycles. The molecule has 3 aromatic rings. The molecule has 2 unspecified atom stereocenters. The Morgan fingerprint density at radius 1 is 1.16 bits per heavy atom. The molecule has 1 aliphatic heterocycles. The molecule has 2 atom stereocenters. The van der Waals surface area contributed by atoms with Crippen molar-refractivity contribution in [3.8, 4) is 5.75 Å². The predicted octanol–water partition coefficient (Wildman–Crippen LogP) is 3.24. The number of para-hydroxylation sites is 1. The first-order valence-electron chi connectivity index (χ1n) is 11.1. The third-order valence-electron chi connectivity index (χ3n) is 6.40. The van der Waals surface area contributed by atoms with Crippen LogP contribution >= 0.6 is 0 Å². The van der Waals surface area contributed by atoms with E-state index in [1.807, 2.05) is 53.4 Å². The third-order valence-corrected chi connectivity index (χ3v) is 6.40. The smallest absolute Gasteiger partial charge is 0.261 e. The van der Waals surface area contributed by atoms with Gasteiger partial charge in [-0.2, -0.15) is 0 Å². The van der Waals surface area contributed by atoms with Gasteiger partial charge in [0.25, 0.3) is 11.5 Å². The van der Waals surface area contributed by atoms with Crippen molar-refractivity contribution in [2.24, 2.45) is 7.05 Å². The van der Waals surface area contributed by atoms with Crippen LogP contribution in [0.2, 0.25) is 0 Å². The highest BCUT2D eigenvalue weighted by molar-refractivity contribution is 5.94. The lowest BCUT2D eigenvalue weighted by Crippen LogP contribution is -2.55. The molecule has 7 nitrogen and oxygen atoms in total. The van der Waals surface area contributed by atoms with E-state index in [2.05, 4.69) is 18.7 Å². The molecule has 1 saturated heterocycles. The fourth-order valence-electron chi connectivity index (χ4n) is 4.61. The molecule has 0 radical (unpaired) electrons. The second-order valence-electron chi connectivity index (χ2n) is 8.35. The number of hydrogen-bond donors (Lipinski definition) is 0. The molecule has 7 heteroatoms. The lowest BCUT2D eigenvalue weighted by atomic mass is 10.1. The molecule has 4 rings (SSSR count). The van der Waals surface area contributed by atoms with E-state index >= 15 is 0 Å². The zero-order valence-electron chi connectivity index (χ0n) is 19.1. The molecular formula is C25H30N4O3. The molecule has 1 aliphatic rings. The van der Waals surface area contributed by atoms with Gasteiger partial charge in [-0.05, 0) is 49.7 Å². The van der Waals surface area contributed by atoms with Crippen molar-refractivity contribution in [2.75, 3.05) is 26.7 Å². The quantitative estimate of drug-likeness (QED) is 0.617. The number of aromatic nitrogens is 2. The number of hydrogen-bond acceptors (Lipinski definition) is 5. The summed E-state index contributed by atoms with van der Waals surface area (Å²) in [7, 11) is 3.41. The van der Waals surface area contributed by atoms with Crippen molar-refractivity contribution in [3.63, 3.8) is 0 Å². The molecule has 2 aromatic carbocycles. The van der Waals surface area contributed by atoms with Crippen LogP contribution in [0, 0.1) is 0 Å². The van der Waals surface area contributed by atoms with Gasteiger partial charge in [-0.25, -0.2) is 4.98 Å². The Kier molecular flexibility index (Phi) is 6.28. The number of benzene rings is 2. The number of fused-ring (bicyclic) bond motifs is 1. The van der Waals surface area contributed by atoms with Crippen LogP contribution in [0.15, 0.2) is 53.3 Å². The molecule has 0 N–H and O–H groups in total. The summed E-state index contributed by atoms with van der Waals surface area (Å²) in [5, 5.41) is 0.636. The standard InChI is InChI=1S/C25H30N4O3/c1-5-22(23-26-21-9-7-6-8-20(21)25(31)27(23)3)28-14-15-29(17(2)16-28)24(30)18-10-12-19(32-4)13-11-18/h6-13,17,22H,5,14-16H2,1-4H3. The maximum atomic E-state index is 13.1. The third kappa shape index (κ3) is 4.00. The maximum absolute atomic E-state index is 13.1. The first-order chi connectivity index (χ1) is 15.4. The SMILES string of the molecule is CCC(c1nc2ccccc2c(=O)n1C)N1CCN(C(=O)c2ccc(OC)cc2)C(C)C1. The largest absolute Gasteiger partial charge is 0.497 e. The number of amides is 1. The van der Waals surface area contributed by atoms with Crippen LogP contribution < -0.4 is 10.3 Å². The lowest BCUT2D eigenvalue weighted by Gasteiger charge is -2.43. The van der Waals surface area contributed by atoms with Gasteiger partial charge in [0.2, 0.25) is 0 Å². The van der Waals surface area contributed by atoms with E-state index in [0.29, 0.717) is 17.5 Å². The van der Waals surface area contributed by atoms with Crippen LogP contribution in [0.3, 0.4) is 0 Å². The van der Waals surface area contributed by atoms with Crippen molar-refractivity contribution in [2.45, 2.75) is 32.4 Å². The summed E-state index contributed by atoms with van der Waals surface area (Å²) in [4.78, 5) is 35.1. The molecule has 0 spiro atoms. The van der Waals surface area contributed by atoms with Gasteiger partial charge in [0, 0.05) is 38.3 Å². The molecule has 0 saturated carbocycles. The Labute approximate surface area is 188 Å². The Balaban J connectivity index is 1.55. The molecule has 32 heavy (non-hydrogen) atoms. The molecule has 1 aromatic heterocycles. The first kappa shape index (κ1) is 22.0. The Hall–Kier alpha value is -3.19. The van der Waals surface area contributed by atoms with E-state index in [0.717, 1.165) is 36.6 Å². The van der Waals surface area contributed by atoms with Crippen LogP contribution in [-0.4, -0.2) is 58.0 Å². The van der Waals surface area contributed by atoms with Crippen LogP contribution in [0.5, 0.6) is 5.75 Å². The Morgan fingerprint density at radius 2 is 1.88 bits per heavy atom. The average Bonchev–Trinajstić information content (AvgIpc) is 2.82. The Morgan fingerprint density at radius 3 is 2.53 bits per heavy atom. The number of ether oxygens (including phenoxy) is 1. The van der Waals surface area contributed by atoms with Crippen LogP contribution in [0.4, 0.5) is 0 Å². The summed E-state index contributed by atoms with van der Waals surface area (Å²) >= 11 is 0. The lowest BCUT2D eigenvalue weighted by molar-refractivity contribution is 0.0362. The van der Waals surface area contributed by atoms with Crippen molar-refractivity contribution in [1.82, 2.24) is 19.4 Å². The molecule has 168 valence electrons. The van der Waals surface area contributed by atoms with E-state index in [4.69, 9.17) is 9.72 Å². The van der Waals surface area contributed by atoms with Crippen LogP contribution in [0.1, 0.15) is 42.5 Å². The minimum atomic E-state index is -0.0228. The van der Waals surface area contributed by atoms with E-state index in [1.54, 1.807) is 18.7 Å². The highest BCUT2D eigenvalue weighted by Crippen LogP contribution is 2.27. The molecule has 1 fully saturated rings. The minimum absolute atomic E-state index is 0.0120. The topological polar surface area (TPSA) is 67.7 Å². The maximum Gasteiger partial charge on any atom is 0.261 e. The van der Waals surface area contributed by atoms with Crippen LogP contribution in [0.25, 0.3) is 10.9 Å². The molecule has 2 heterocycles. The second-order valence-corrected chi connectivity index (χ2v) is 8.35. The van der Waals surface area contributed by atoms with Gasteiger partial charge in [0.05, 0.1) is 24.1 Å². The zero-order chi connectivity index (χ0) is 22.8. The summed E-state index contributed by atoms with van der Waals surface area (Å²) in [6.45, 7) is 6.28. The highest BCUT2D eigenvalue weighted by atomic mass is 16.5. The van der Waals surface area contributed by atoms with Gasteiger partial charge >= 0.3 is 0 Å².